The third-order valence-electron chi connectivity index (χ3n) is 5.37. The van der Waals surface area contributed by atoms with E-state index in [0.29, 0.717) is 29.4 Å². The van der Waals surface area contributed by atoms with Gasteiger partial charge in [0.1, 0.15) is 18.2 Å². The fourth-order valence-electron chi connectivity index (χ4n) is 4.11. The van der Waals surface area contributed by atoms with E-state index in [1.165, 1.54) is 18.5 Å². The molecule has 2 atom stereocenters. The molecule has 1 aromatic heterocycles. The highest BCUT2D eigenvalue weighted by molar-refractivity contribution is 6.30. The Hall–Kier alpha value is -2.99. The molecular formula is C21H16ClFN4O. The first-order valence-corrected chi connectivity index (χ1v) is 9.41. The van der Waals surface area contributed by atoms with E-state index in [9.17, 15) is 9.18 Å². The lowest BCUT2D eigenvalue weighted by molar-refractivity contribution is -0.116. The van der Waals surface area contributed by atoms with Gasteiger partial charge in [0.2, 0.25) is 5.95 Å². The van der Waals surface area contributed by atoms with Crippen molar-refractivity contribution in [3.63, 3.8) is 0 Å². The summed E-state index contributed by atoms with van der Waals surface area (Å²) in [5.41, 5.74) is 3.38. The van der Waals surface area contributed by atoms with Gasteiger partial charge in [0.25, 0.3) is 0 Å². The van der Waals surface area contributed by atoms with Crippen LogP contribution in [0, 0.1) is 5.82 Å². The maximum absolute atomic E-state index is 13.3. The molecule has 0 spiro atoms. The summed E-state index contributed by atoms with van der Waals surface area (Å²) in [5.74, 6) is 0.356. The zero-order chi connectivity index (χ0) is 19.3. The molecule has 140 valence electrons. The number of ketones is 1. The number of nitrogens with one attached hydrogen (secondary N) is 1. The van der Waals surface area contributed by atoms with Crippen molar-refractivity contribution in [1.29, 1.82) is 0 Å². The molecule has 0 bridgehead atoms. The first kappa shape index (κ1) is 17.1. The highest BCUT2D eigenvalue weighted by atomic mass is 35.5. The Labute approximate surface area is 165 Å². The molecule has 0 radical (unpaired) electrons. The molecule has 0 saturated heterocycles. The fraction of sp³-hybridized carbons (Fsp3) is 0.190. The van der Waals surface area contributed by atoms with Crippen LogP contribution in [0.15, 0.2) is 66.1 Å². The van der Waals surface area contributed by atoms with E-state index in [-0.39, 0.29) is 23.6 Å². The van der Waals surface area contributed by atoms with Crippen LogP contribution < -0.4 is 5.32 Å². The summed E-state index contributed by atoms with van der Waals surface area (Å²) >= 11 is 6.20. The highest BCUT2D eigenvalue weighted by Crippen LogP contribution is 2.44. The van der Waals surface area contributed by atoms with E-state index in [2.05, 4.69) is 15.4 Å². The number of rotatable bonds is 2. The van der Waals surface area contributed by atoms with Crippen LogP contribution in [-0.4, -0.2) is 20.5 Å². The van der Waals surface area contributed by atoms with Gasteiger partial charge in [0.15, 0.2) is 5.78 Å². The van der Waals surface area contributed by atoms with Crippen molar-refractivity contribution in [1.82, 2.24) is 14.8 Å². The average molecular weight is 395 g/mol. The number of hydrogen-bond acceptors (Lipinski definition) is 4. The predicted molar refractivity (Wildman–Crippen MR) is 104 cm³/mol. The molecule has 1 aliphatic heterocycles. The number of carbonyl (C=O) groups is 1. The summed E-state index contributed by atoms with van der Waals surface area (Å²) in [6.45, 7) is 0. The Balaban J connectivity index is 1.59. The van der Waals surface area contributed by atoms with Gasteiger partial charge in [-0.2, -0.15) is 10.1 Å². The van der Waals surface area contributed by atoms with Crippen molar-refractivity contribution in [2.75, 3.05) is 5.32 Å². The van der Waals surface area contributed by atoms with Crippen molar-refractivity contribution in [3.05, 3.63) is 88.1 Å². The van der Waals surface area contributed by atoms with Crippen molar-refractivity contribution >= 4 is 23.3 Å². The minimum atomic E-state index is -0.367. The lowest BCUT2D eigenvalue weighted by atomic mass is 9.78. The van der Waals surface area contributed by atoms with Crippen molar-refractivity contribution in [3.8, 4) is 0 Å². The molecule has 1 aliphatic carbocycles. The molecule has 7 heteroatoms. The summed E-state index contributed by atoms with van der Waals surface area (Å²) in [7, 11) is 0. The number of carbonyl (C=O) groups excluding carboxylic acids is 1. The second-order valence-corrected chi connectivity index (χ2v) is 7.52. The normalized spacial score (nSPS) is 21.1. The molecule has 3 aromatic rings. The summed E-state index contributed by atoms with van der Waals surface area (Å²) in [6.07, 6.45) is 2.49. The Morgan fingerprint density at radius 1 is 1.11 bits per heavy atom. The Bertz CT molecular complexity index is 1110. The number of Topliss-reactive ketones (excluding diaryl/α,β-unsaturated/α-hetero) is 1. The van der Waals surface area contributed by atoms with E-state index in [0.717, 1.165) is 16.8 Å². The third kappa shape index (κ3) is 2.81. The van der Waals surface area contributed by atoms with E-state index < -0.39 is 0 Å². The molecule has 0 amide bonds. The molecule has 2 aromatic carbocycles. The van der Waals surface area contributed by atoms with Gasteiger partial charge in [-0.05, 0) is 47.7 Å². The number of benzene rings is 2. The second-order valence-electron chi connectivity index (χ2n) is 7.08. The number of anilines is 1. The lowest BCUT2D eigenvalue weighted by Gasteiger charge is -2.35. The molecule has 2 heterocycles. The van der Waals surface area contributed by atoms with Crippen LogP contribution in [-0.2, 0) is 4.79 Å². The number of hydrogen-bond donors (Lipinski definition) is 1. The van der Waals surface area contributed by atoms with E-state index in [1.807, 2.05) is 18.2 Å². The summed E-state index contributed by atoms with van der Waals surface area (Å²) < 4.78 is 15.0. The highest BCUT2D eigenvalue weighted by Gasteiger charge is 2.39. The summed E-state index contributed by atoms with van der Waals surface area (Å²) in [4.78, 5) is 17.5. The topological polar surface area (TPSA) is 59.8 Å². The maximum Gasteiger partial charge on any atom is 0.226 e. The van der Waals surface area contributed by atoms with Gasteiger partial charge in [0, 0.05) is 22.7 Å². The van der Waals surface area contributed by atoms with Gasteiger partial charge in [-0.1, -0.05) is 35.9 Å². The van der Waals surface area contributed by atoms with Crippen molar-refractivity contribution in [2.24, 2.45) is 0 Å². The van der Waals surface area contributed by atoms with Crippen molar-refractivity contribution in [2.45, 2.75) is 24.8 Å². The van der Waals surface area contributed by atoms with Crippen LogP contribution in [0.4, 0.5) is 10.3 Å². The zero-order valence-corrected chi connectivity index (χ0v) is 15.5. The van der Waals surface area contributed by atoms with E-state index in [4.69, 9.17) is 11.6 Å². The second kappa shape index (κ2) is 6.56. The quantitative estimate of drug-likeness (QED) is 0.695. The van der Waals surface area contributed by atoms with Crippen LogP contribution in [0.5, 0.6) is 0 Å². The van der Waals surface area contributed by atoms with Gasteiger partial charge in [-0.15, -0.1) is 0 Å². The summed E-state index contributed by atoms with van der Waals surface area (Å²) in [5, 5.41) is 8.21. The third-order valence-corrected chi connectivity index (χ3v) is 5.60. The van der Waals surface area contributed by atoms with E-state index in [1.54, 1.807) is 22.9 Å². The maximum atomic E-state index is 13.3. The fourth-order valence-corrected chi connectivity index (χ4v) is 4.31. The molecule has 1 N–H and O–H groups in total. The summed E-state index contributed by atoms with van der Waals surface area (Å²) in [6, 6.07) is 13.5. The Morgan fingerprint density at radius 2 is 1.93 bits per heavy atom. The molecule has 0 saturated carbocycles. The standard InChI is InChI=1S/C21H16ClFN4O/c22-15-3-1-2-13(8-15)20-19-17(26-21-24-11-25-27(20)21)9-14(10-18(19)28)12-4-6-16(23)7-5-12/h1-8,11,14,20H,9-10H2,(H,24,25,26)/t14-,20-/m0/s1. The van der Waals surface area contributed by atoms with Crippen LogP contribution >= 0.6 is 11.6 Å². The number of allylic oxidation sites excluding steroid dienone is 2. The van der Waals surface area contributed by atoms with Gasteiger partial charge < -0.3 is 5.32 Å². The van der Waals surface area contributed by atoms with Gasteiger partial charge in [-0.25, -0.2) is 9.07 Å². The van der Waals surface area contributed by atoms with Gasteiger partial charge in [-0.3, -0.25) is 4.79 Å². The minimum absolute atomic E-state index is 0.00571. The molecule has 28 heavy (non-hydrogen) atoms. The first-order chi connectivity index (χ1) is 13.6. The molecule has 0 unspecified atom stereocenters. The first-order valence-electron chi connectivity index (χ1n) is 9.04. The monoisotopic (exact) mass is 394 g/mol. The number of aromatic nitrogens is 3. The largest absolute Gasteiger partial charge is 0.328 e. The molecule has 0 fully saturated rings. The van der Waals surface area contributed by atoms with Crippen LogP contribution in [0.1, 0.15) is 35.9 Å². The molecule has 2 aliphatic rings. The smallest absolute Gasteiger partial charge is 0.226 e. The molecule has 5 nitrogen and oxygen atoms in total. The predicted octanol–water partition coefficient (Wildman–Crippen LogP) is 4.49. The van der Waals surface area contributed by atoms with Crippen molar-refractivity contribution < 1.29 is 9.18 Å². The number of halogens is 2. The Morgan fingerprint density at radius 3 is 2.71 bits per heavy atom. The lowest BCUT2D eigenvalue weighted by Crippen LogP contribution is -2.33. The average Bonchev–Trinajstić information content (AvgIpc) is 3.15. The Kier molecular flexibility index (Phi) is 4.02. The van der Waals surface area contributed by atoms with Crippen LogP contribution in [0.3, 0.4) is 0 Å². The molecular weight excluding hydrogens is 379 g/mol. The number of fused-ring (bicyclic) bond motifs is 1. The number of nitrogens with zero attached hydrogens (tertiary/aromatic N) is 3. The van der Waals surface area contributed by atoms with Crippen LogP contribution in [0.2, 0.25) is 5.02 Å². The van der Waals surface area contributed by atoms with Gasteiger partial charge >= 0.3 is 0 Å². The minimum Gasteiger partial charge on any atom is -0.328 e. The van der Waals surface area contributed by atoms with Crippen LogP contribution in [0.25, 0.3) is 0 Å². The molecule has 5 rings (SSSR count). The van der Waals surface area contributed by atoms with Gasteiger partial charge in [0.05, 0.1) is 0 Å². The van der Waals surface area contributed by atoms with E-state index >= 15 is 0 Å². The zero-order valence-electron chi connectivity index (χ0n) is 14.8. The SMILES string of the molecule is O=C1C[C@@H](c2ccc(F)cc2)CC2=C1[C@H](c1cccc(Cl)c1)n1ncnc1N2.